The van der Waals surface area contributed by atoms with Crippen molar-refractivity contribution in [2.24, 2.45) is 5.92 Å². The van der Waals surface area contributed by atoms with Crippen molar-refractivity contribution in [3.05, 3.63) is 33.9 Å². The van der Waals surface area contributed by atoms with Crippen molar-refractivity contribution < 1.29 is 9.66 Å². The lowest BCUT2D eigenvalue weighted by atomic mass is 9.97. The van der Waals surface area contributed by atoms with Gasteiger partial charge in [-0.1, -0.05) is 6.07 Å². The fraction of sp³-hybridized carbons (Fsp3) is 0.571. The van der Waals surface area contributed by atoms with Crippen LogP contribution in [-0.2, 0) is 11.3 Å². The molecule has 0 radical (unpaired) electrons. The zero-order valence-corrected chi connectivity index (χ0v) is 11.7. The van der Waals surface area contributed by atoms with Gasteiger partial charge in [0.1, 0.15) is 5.69 Å². The highest BCUT2D eigenvalue weighted by molar-refractivity contribution is 5.59. The van der Waals surface area contributed by atoms with Crippen LogP contribution in [0.5, 0.6) is 0 Å². The summed E-state index contributed by atoms with van der Waals surface area (Å²) in [4.78, 5) is 12.6. The molecule has 0 spiro atoms. The van der Waals surface area contributed by atoms with Crippen molar-refractivity contribution in [3.63, 3.8) is 0 Å². The Balaban J connectivity index is 1.91. The maximum atomic E-state index is 10.7. The summed E-state index contributed by atoms with van der Waals surface area (Å²) in [6.45, 7) is 3.69. The van der Waals surface area contributed by atoms with Gasteiger partial charge in [-0.25, -0.2) is 0 Å². The fourth-order valence-corrected chi connectivity index (χ4v) is 2.67. The van der Waals surface area contributed by atoms with Crippen LogP contribution in [0.25, 0.3) is 0 Å². The number of anilines is 1. The van der Waals surface area contributed by atoms with Crippen LogP contribution < -0.4 is 5.73 Å². The van der Waals surface area contributed by atoms with Gasteiger partial charge in [-0.15, -0.1) is 0 Å². The number of likely N-dealkylation sites (tertiary alicyclic amines) is 1. The summed E-state index contributed by atoms with van der Waals surface area (Å²) < 4.78 is 5.19. The molecule has 1 fully saturated rings. The zero-order chi connectivity index (χ0) is 14.5. The predicted molar refractivity (Wildman–Crippen MR) is 77.4 cm³/mol. The van der Waals surface area contributed by atoms with Gasteiger partial charge in [0, 0.05) is 26.3 Å². The van der Waals surface area contributed by atoms with Gasteiger partial charge in [0.15, 0.2) is 0 Å². The van der Waals surface area contributed by atoms with E-state index in [0.29, 0.717) is 5.92 Å². The van der Waals surface area contributed by atoms with Crippen LogP contribution in [0.1, 0.15) is 18.4 Å². The summed E-state index contributed by atoms with van der Waals surface area (Å²) >= 11 is 0. The van der Waals surface area contributed by atoms with Gasteiger partial charge in [0.25, 0.3) is 5.69 Å². The summed E-state index contributed by atoms with van der Waals surface area (Å²) in [7, 11) is 1.74. The Hall–Kier alpha value is -1.66. The first-order valence-electron chi connectivity index (χ1n) is 6.84. The number of piperidine rings is 1. The lowest BCUT2D eigenvalue weighted by Gasteiger charge is -2.31. The molecule has 0 unspecified atom stereocenters. The molecule has 6 heteroatoms. The third kappa shape index (κ3) is 3.68. The van der Waals surface area contributed by atoms with Crippen molar-refractivity contribution >= 4 is 11.4 Å². The highest BCUT2D eigenvalue weighted by atomic mass is 16.6. The van der Waals surface area contributed by atoms with Crippen molar-refractivity contribution in [1.82, 2.24) is 4.90 Å². The van der Waals surface area contributed by atoms with E-state index in [-0.39, 0.29) is 11.4 Å². The number of ether oxygens (including phenoxy) is 1. The van der Waals surface area contributed by atoms with E-state index < -0.39 is 4.92 Å². The third-order valence-corrected chi connectivity index (χ3v) is 3.80. The number of hydrogen-bond acceptors (Lipinski definition) is 5. The molecule has 0 saturated carbocycles. The molecule has 0 amide bonds. The third-order valence-electron chi connectivity index (χ3n) is 3.80. The fourth-order valence-electron chi connectivity index (χ4n) is 2.67. The SMILES string of the molecule is COCC1CCN(Cc2ccc([N+](=O)[O-])c(N)c2)CC1. The van der Waals surface area contributed by atoms with Crippen LogP contribution in [0.3, 0.4) is 0 Å². The van der Waals surface area contributed by atoms with Gasteiger partial charge in [0.05, 0.1) is 4.92 Å². The summed E-state index contributed by atoms with van der Waals surface area (Å²) in [6.07, 6.45) is 2.27. The average molecular weight is 279 g/mol. The Bertz CT molecular complexity index is 471. The summed E-state index contributed by atoms with van der Waals surface area (Å²) in [5.74, 6) is 0.651. The minimum atomic E-state index is -0.449. The first-order valence-corrected chi connectivity index (χ1v) is 6.84. The van der Waals surface area contributed by atoms with Crippen LogP contribution in [0.2, 0.25) is 0 Å². The average Bonchev–Trinajstić information content (AvgIpc) is 2.41. The molecule has 0 bridgehead atoms. The lowest BCUT2D eigenvalue weighted by molar-refractivity contribution is -0.383. The largest absolute Gasteiger partial charge is 0.393 e. The molecule has 1 saturated heterocycles. The molecule has 0 atom stereocenters. The van der Waals surface area contributed by atoms with Crippen LogP contribution in [0.4, 0.5) is 11.4 Å². The van der Waals surface area contributed by atoms with E-state index in [1.807, 2.05) is 0 Å². The summed E-state index contributed by atoms with van der Waals surface area (Å²) in [5, 5.41) is 10.7. The number of nitrogens with two attached hydrogens (primary N) is 1. The van der Waals surface area contributed by atoms with Gasteiger partial charge >= 0.3 is 0 Å². The highest BCUT2D eigenvalue weighted by Gasteiger charge is 2.19. The van der Waals surface area contributed by atoms with E-state index in [1.54, 1.807) is 19.2 Å². The number of nitro groups is 1. The quantitative estimate of drug-likeness (QED) is 0.506. The second-order valence-electron chi connectivity index (χ2n) is 5.33. The van der Waals surface area contributed by atoms with Gasteiger partial charge in [0.2, 0.25) is 0 Å². The molecule has 110 valence electrons. The van der Waals surface area contributed by atoms with Gasteiger partial charge < -0.3 is 10.5 Å². The van der Waals surface area contributed by atoms with Gasteiger partial charge in [-0.3, -0.25) is 15.0 Å². The number of hydrogen-bond donors (Lipinski definition) is 1. The number of rotatable bonds is 5. The first-order chi connectivity index (χ1) is 9.60. The monoisotopic (exact) mass is 279 g/mol. The molecule has 1 aromatic rings. The molecule has 1 aliphatic rings. The number of nitro benzene ring substituents is 1. The van der Waals surface area contributed by atoms with Crippen LogP contribution in [0.15, 0.2) is 18.2 Å². The molecular formula is C14H21N3O3. The Morgan fingerprint density at radius 3 is 2.70 bits per heavy atom. The molecule has 2 rings (SSSR count). The molecule has 0 aromatic heterocycles. The molecule has 1 heterocycles. The van der Waals surface area contributed by atoms with E-state index in [9.17, 15) is 10.1 Å². The highest BCUT2D eigenvalue weighted by Crippen LogP contribution is 2.24. The molecule has 2 N–H and O–H groups in total. The molecule has 20 heavy (non-hydrogen) atoms. The lowest BCUT2D eigenvalue weighted by Crippen LogP contribution is -2.34. The van der Waals surface area contributed by atoms with Crippen molar-refractivity contribution in [2.75, 3.05) is 32.5 Å². The second-order valence-corrected chi connectivity index (χ2v) is 5.33. The van der Waals surface area contributed by atoms with E-state index in [2.05, 4.69) is 4.90 Å². The van der Waals surface area contributed by atoms with Crippen LogP contribution in [-0.4, -0.2) is 36.6 Å². The second kappa shape index (κ2) is 6.67. The number of methoxy groups -OCH3 is 1. The summed E-state index contributed by atoms with van der Waals surface area (Å²) in [6, 6.07) is 4.98. The predicted octanol–water partition coefficient (Wildman–Crippen LogP) is 2.04. The van der Waals surface area contributed by atoms with E-state index in [4.69, 9.17) is 10.5 Å². The van der Waals surface area contributed by atoms with Gasteiger partial charge in [-0.05, 0) is 43.5 Å². The standard InChI is InChI=1S/C14H21N3O3/c1-20-10-11-4-6-16(7-5-11)9-12-2-3-14(17(18)19)13(15)8-12/h2-3,8,11H,4-7,9-10,15H2,1H3. The van der Waals surface area contributed by atoms with Crippen molar-refractivity contribution in [3.8, 4) is 0 Å². The molecular weight excluding hydrogens is 258 g/mol. The molecule has 6 nitrogen and oxygen atoms in total. The normalized spacial score (nSPS) is 17.2. The number of benzene rings is 1. The molecule has 0 aliphatic carbocycles. The maximum Gasteiger partial charge on any atom is 0.292 e. The Morgan fingerprint density at radius 2 is 2.15 bits per heavy atom. The van der Waals surface area contributed by atoms with E-state index >= 15 is 0 Å². The van der Waals surface area contributed by atoms with Gasteiger partial charge in [-0.2, -0.15) is 0 Å². The minimum Gasteiger partial charge on any atom is -0.393 e. The first kappa shape index (κ1) is 14.7. The van der Waals surface area contributed by atoms with Crippen molar-refractivity contribution in [1.29, 1.82) is 0 Å². The van der Waals surface area contributed by atoms with E-state index in [1.165, 1.54) is 6.07 Å². The number of nitrogens with zero attached hydrogens (tertiary/aromatic N) is 2. The van der Waals surface area contributed by atoms with Crippen LogP contribution >= 0.6 is 0 Å². The smallest absolute Gasteiger partial charge is 0.292 e. The zero-order valence-electron chi connectivity index (χ0n) is 11.7. The number of nitrogen functional groups attached to an aromatic ring is 1. The maximum absolute atomic E-state index is 10.7. The van der Waals surface area contributed by atoms with E-state index in [0.717, 1.165) is 44.6 Å². The molecule has 1 aromatic carbocycles. The summed E-state index contributed by atoms with van der Waals surface area (Å²) in [5.41, 5.74) is 6.96. The Morgan fingerprint density at radius 1 is 1.45 bits per heavy atom. The topological polar surface area (TPSA) is 81.6 Å². The van der Waals surface area contributed by atoms with Crippen LogP contribution in [0, 0.1) is 16.0 Å². The molecule has 1 aliphatic heterocycles. The Labute approximate surface area is 118 Å². The Kier molecular flexibility index (Phi) is 4.92. The van der Waals surface area contributed by atoms with Crippen molar-refractivity contribution in [2.45, 2.75) is 19.4 Å². The minimum absolute atomic E-state index is 0.0208.